The molecule has 7 heteroatoms. The number of methoxy groups -OCH3 is 2. The number of halogens is 1. The van der Waals surface area contributed by atoms with Gasteiger partial charge in [-0.15, -0.1) is 6.58 Å². The van der Waals surface area contributed by atoms with E-state index in [4.69, 9.17) is 21.1 Å². The number of carbonyl (C=O) groups excluding carboxylic acids is 1. The number of amides is 1. The van der Waals surface area contributed by atoms with Crippen molar-refractivity contribution in [3.05, 3.63) is 83.0 Å². The van der Waals surface area contributed by atoms with Crippen molar-refractivity contribution in [3.8, 4) is 11.5 Å². The van der Waals surface area contributed by atoms with Crippen molar-refractivity contribution in [1.82, 2.24) is 9.78 Å². The number of anilines is 1. The van der Waals surface area contributed by atoms with Crippen LogP contribution in [0.5, 0.6) is 11.5 Å². The number of hydrogen-bond donors (Lipinski definition) is 1. The van der Waals surface area contributed by atoms with E-state index in [9.17, 15) is 4.79 Å². The molecule has 1 aromatic heterocycles. The average molecular weight is 412 g/mol. The molecule has 0 aliphatic rings. The van der Waals surface area contributed by atoms with E-state index in [1.807, 2.05) is 24.3 Å². The second kappa shape index (κ2) is 9.30. The molecule has 2 aromatic carbocycles. The summed E-state index contributed by atoms with van der Waals surface area (Å²) in [6.45, 7) is 4.20. The normalized spacial score (nSPS) is 10.4. The molecule has 0 saturated heterocycles. The fraction of sp³-hybridized carbons (Fsp3) is 0.182. The summed E-state index contributed by atoms with van der Waals surface area (Å²) in [6, 6.07) is 12.7. The van der Waals surface area contributed by atoms with Crippen molar-refractivity contribution in [3.63, 3.8) is 0 Å². The summed E-state index contributed by atoms with van der Waals surface area (Å²) in [6.07, 6.45) is 3.92. The van der Waals surface area contributed by atoms with E-state index in [0.717, 1.165) is 11.1 Å². The molecular weight excluding hydrogens is 390 g/mol. The molecular formula is C22H22ClN3O3. The van der Waals surface area contributed by atoms with E-state index in [1.165, 1.54) is 7.11 Å². The minimum Gasteiger partial charge on any atom is -0.493 e. The number of benzene rings is 2. The molecule has 0 aliphatic carbocycles. The number of aromatic nitrogens is 2. The number of nitrogens with zero attached hydrogens (tertiary/aromatic N) is 2. The number of allylic oxidation sites excluding steroid dienone is 1. The van der Waals surface area contributed by atoms with Crippen LogP contribution in [0, 0.1) is 0 Å². The zero-order valence-corrected chi connectivity index (χ0v) is 17.1. The van der Waals surface area contributed by atoms with E-state index in [2.05, 4.69) is 17.0 Å². The average Bonchev–Trinajstić information content (AvgIpc) is 3.15. The molecule has 0 bridgehead atoms. The van der Waals surface area contributed by atoms with Crippen molar-refractivity contribution in [2.75, 3.05) is 19.5 Å². The summed E-state index contributed by atoms with van der Waals surface area (Å²) in [5.74, 6) is 1.36. The summed E-state index contributed by atoms with van der Waals surface area (Å²) < 4.78 is 12.5. The fourth-order valence-corrected chi connectivity index (χ4v) is 3.22. The van der Waals surface area contributed by atoms with Crippen LogP contribution in [0.1, 0.15) is 21.5 Å². The lowest BCUT2D eigenvalue weighted by atomic mass is 10.0. The fourth-order valence-electron chi connectivity index (χ4n) is 3.02. The van der Waals surface area contributed by atoms with Gasteiger partial charge in [0.05, 0.1) is 27.0 Å². The monoisotopic (exact) mass is 411 g/mol. The largest absolute Gasteiger partial charge is 0.493 e. The molecule has 150 valence electrons. The summed E-state index contributed by atoms with van der Waals surface area (Å²) in [7, 11) is 3.10. The van der Waals surface area contributed by atoms with E-state index in [1.54, 1.807) is 42.3 Å². The molecule has 0 atom stereocenters. The third-order valence-corrected chi connectivity index (χ3v) is 4.79. The van der Waals surface area contributed by atoms with Crippen molar-refractivity contribution >= 4 is 23.3 Å². The second-order valence-electron chi connectivity index (χ2n) is 6.28. The highest BCUT2D eigenvalue weighted by Crippen LogP contribution is 2.33. The van der Waals surface area contributed by atoms with Crippen molar-refractivity contribution in [2.24, 2.45) is 0 Å². The Labute approximate surface area is 174 Å². The minimum absolute atomic E-state index is 0.280. The smallest absolute Gasteiger partial charge is 0.256 e. The van der Waals surface area contributed by atoms with Gasteiger partial charge >= 0.3 is 0 Å². The topological polar surface area (TPSA) is 65.4 Å². The molecule has 1 amide bonds. The molecule has 6 nitrogen and oxygen atoms in total. The Morgan fingerprint density at radius 3 is 2.69 bits per heavy atom. The van der Waals surface area contributed by atoms with Crippen LogP contribution in [0.4, 0.5) is 5.82 Å². The Kier molecular flexibility index (Phi) is 6.57. The standard InChI is InChI=1S/C22H22ClN3O3/c1-4-7-15-12-17(13-19(28-2)21(15)29-3)22(27)25-20-10-11-24-26(20)14-16-8-5-6-9-18(16)23/h4-6,8-13H,1,7,14H2,2-3H3,(H,25,27). The molecule has 0 unspecified atom stereocenters. The molecule has 0 spiro atoms. The Bertz CT molecular complexity index is 1030. The van der Waals surface area contributed by atoms with Crippen LogP contribution in [0.2, 0.25) is 5.02 Å². The molecule has 0 saturated carbocycles. The molecule has 0 aliphatic heterocycles. The predicted molar refractivity (Wildman–Crippen MR) is 114 cm³/mol. The Morgan fingerprint density at radius 1 is 1.21 bits per heavy atom. The van der Waals surface area contributed by atoms with Gasteiger partial charge in [-0.25, -0.2) is 4.68 Å². The number of ether oxygens (including phenoxy) is 2. The first-order valence-corrected chi connectivity index (χ1v) is 9.37. The number of nitrogens with one attached hydrogen (secondary N) is 1. The number of hydrogen-bond acceptors (Lipinski definition) is 4. The zero-order valence-electron chi connectivity index (χ0n) is 16.3. The maximum Gasteiger partial charge on any atom is 0.256 e. The second-order valence-corrected chi connectivity index (χ2v) is 6.69. The van der Waals surface area contributed by atoms with Gasteiger partial charge in [0.1, 0.15) is 5.82 Å². The van der Waals surface area contributed by atoms with Gasteiger partial charge in [-0.05, 0) is 30.2 Å². The van der Waals surface area contributed by atoms with Gasteiger partial charge in [0.15, 0.2) is 11.5 Å². The summed E-state index contributed by atoms with van der Waals surface area (Å²) in [5, 5.41) is 7.84. The van der Waals surface area contributed by atoms with Gasteiger partial charge < -0.3 is 14.8 Å². The zero-order chi connectivity index (χ0) is 20.8. The van der Waals surface area contributed by atoms with Crippen molar-refractivity contribution in [1.29, 1.82) is 0 Å². The molecule has 3 aromatic rings. The first-order chi connectivity index (χ1) is 14.1. The highest BCUT2D eigenvalue weighted by Gasteiger charge is 2.17. The van der Waals surface area contributed by atoms with Gasteiger partial charge in [0, 0.05) is 22.2 Å². The van der Waals surface area contributed by atoms with Gasteiger partial charge in [-0.2, -0.15) is 5.10 Å². The van der Waals surface area contributed by atoms with E-state index in [0.29, 0.717) is 40.9 Å². The number of carbonyl (C=O) groups is 1. The quantitative estimate of drug-likeness (QED) is 0.551. The van der Waals surface area contributed by atoms with Crippen molar-refractivity contribution < 1.29 is 14.3 Å². The SMILES string of the molecule is C=CCc1cc(C(=O)Nc2ccnn2Cc2ccccc2Cl)cc(OC)c1OC. The van der Waals surface area contributed by atoms with Crippen LogP contribution in [-0.2, 0) is 13.0 Å². The highest BCUT2D eigenvalue weighted by atomic mass is 35.5. The van der Waals surface area contributed by atoms with Gasteiger partial charge in [0.25, 0.3) is 5.91 Å². The lowest BCUT2D eigenvalue weighted by molar-refractivity contribution is 0.102. The third kappa shape index (κ3) is 4.60. The Morgan fingerprint density at radius 2 is 2.00 bits per heavy atom. The third-order valence-electron chi connectivity index (χ3n) is 4.42. The predicted octanol–water partition coefficient (Wildman–Crippen LogP) is 4.58. The summed E-state index contributed by atoms with van der Waals surface area (Å²) in [4.78, 5) is 12.9. The van der Waals surface area contributed by atoms with Gasteiger partial charge in [-0.1, -0.05) is 35.9 Å². The molecule has 1 N–H and O–H groups in total. The van der Waals surface area contributed by atoms with Crippen molar-refractivity contribution in [2.45, 2.75) is 13.0 Å². The van der Waals surface area contributed by atoms with E-state index in [-0.39, 0.29) is 5.91 Å². The molecule has 0 fully saturated rings. The van der Waals surface area contributed by atoms with Crippen LogP contribution in [0.15, 0.2) is 61.3 Å². The van der Waals surface area contributed by atoms with Crippen LogP contribution >= 0.6 is 11.6 Å². The maximum absolute atomic E-state index is 12.9. The summed E-state index contributed by atoms with van der Waals surface area (Å²) >= 11 is 6.24. The minimum atomic E-state index is -0.280. The highest BCUT2D eigenvalue weighted by molar-refractivity contribution is 6.31. The van der Waals surface area contributed by atoms with E-state index >= 15 is 0 Å². The Hall–Kier alpha value is -3.25. The lowest BCUT2D eigenvalue weighted by Gasteiger charge is -2.15. The van der Waals surface area contributed by atoms with E-state index < -0.39 is 0 Å². The molecule has 29 heavy (non-hydrogen) atoms. The molecule has 3 rings (SSSR count). The van der Waals surface area contributed by atoms with Crippen LogP contribution in [-0.4, -0.2) is 29.9 Å². The Balaban J connectivity index is 1.86. The van der Waals surface area contributed by atoms with Crippen LogP contribution in [0.3, 0.4) is 0 Å². The first-order valence-electron chi connectivity index (χ1n) is 8.99. The maximum atomic E-state index is 12.9. The molecule has 1 heterocycles. The van der Waals surface area contributed by atoms with Crippen LogP contribution in [0.25, 0.3) is 0 Å². The van der Waals surface area contributed by atoms with Gasteiger partial charge in [-0.3, -0.25) is 4.79 Å². The lowest BCUT2D eigenvalue weighted by Crippen LogP contribution is -2.17. The first kappa shape index (κ1) is 20.5. The molecule has 0 radical (unpaired) electrons. The summed E-state index contributed by atoms with van der Waals surface area (Å²) in [5.41, 5.74) is 2.18. The number of rotatable bonds is 8. The van der Waals surface area contributed by atoms with Gasteiger partial charge in [0.2, 0.25) is 0 Å². The van der Waals surface area contributed by atoms with Crippen LogP contribution < -0.4 is 14.8 Å².